The molecule has 0 atom stereocenters. The molecule has 0 aliphatic carbocycles. The van der Waals surface area contributed by atoms with Gasteiger partial charge in [0, 0.05) is 26.0 Å². The minimum Gasteiger partial charge on any atom is -0.449 e. The summed E-state index contributed by atoms with van der Waals surface area (Å²) >= 11 is 1.41. The molecule has 0 aliphatic rings. The Morgan fingerprint density at radius 2 is 2.08 bits per heavy atom. The van der Waals surface area contributed by atoms with Crippen LogP contribution in [-0.4, -0.2) is 42.4 Å². The van der Waals surface area contributed by atoms with Gasteiger partial charge < -0.3 is 15.1 Å². The van der Waals surface area contributed by atoms with Crippen molar-refractivity contribution in [3.8, 4) is 11.5 Å². The lowest BCUT2D eigenvalue weighted by molar-refractivity contribution is 0.0797. The number of aromatic nitrogens is 1. The van der Waals surface area contributed by atoms with Gasteiger partial charge in [-0.15, -0.1) is 11.3 Å². The fraction of sp³-hybridized carbons (Fsp3) is 0.471. The number of carbonyl (C=O) groups is 1. The van der Waals surface area contributed by atoms with Crippen LogP contribution in [0.3, 0.4) is 0 Å². The Morgan fingerprint density at radius 1 is 1.32 bits per heavy atom. The maximum absolute atomic E-state index is 11.9. The number of unbranched alkanes of at least 4 members (excludes halogenated alkanes) is 3. The molecular weight excluding hydrogens is 338 g/mol. The summed E-state index contributed by atoms with van der Waals surface area (Å²) in [7, 11) is 3.35. The summed E-state index contributed by atoms with van der Waals surface area (Å²) in [6, 6.07) is 3.37. The predicted molar refractivity (Wildman–Crippen MR) is 101 cm³/mol. The first kappa shape index (κ1) is 19.0. The Balaban J connectivity index is 2.12. The van der Waals surface area contributed by atoms with Crippen LogP contribution < -0.4 is 10.6 Å². The van der Waals surface area contributed by atoms with Crippen LogP contribution in [0, 0.1) is 5.41 Å². The Hall–Kier alpha value is -2.35. The summed E-state index contributed by atoms with van der Waals surface area (Å²) in [4.78, 5) is 19.6. The van der Waals surface area contributed by atoms with Gasteiger partial charge in [0.1, 0.15) is 5.69 Å². The van der Waals surface area contributed by atoms with E-state index >= 15 is 0 Å². The average molecular weight is 363 g/mol. The number of rotatable bonds is 8. The summed E-state index contributed by atoms with van der Waals surface area (Å²) in [5, 5.41) is 10.3. The summed E-state index contributed by atoms with van der Waals surface area (Å²) in [6.07, 6.45) is 4.40. The molecule has 2 aromatic heterocycles. The number of nitrogens with zero attached hydrogens (tertiary/aromatic N) is 3. The van der Waals surface area contributed by atoms with Crippen LogP contribution >= 0.6 is 11.3 Å². The van der Waals surface area contributed by atoms with Crippen LogP contribution in [0.15, 0.2) is 21.9 Å². The highest BCUT2D eigenvalue weighted by molar-refractivity contribution is 7.14. The lowest BCUT2D eigenvalue weighted by atomic mass is 10.2. The van der Waals surface area contributed by atoms with Crippen LogP contribution in [0.4, 0.5) is 5.13 Å². The monoisotopic (exact) mass is 363 g/mol. The normalized spacial score (nSPS) is 10.7. The number of thiazole rings is 1. The molecule has 0 bridgehead atoms. The highest BCUT2D eigenvalue weighted by Crippen LogP contribution is 2.29. The minimum atomic E-state index is -0.192. The molecule has 8 heteroatoms. The molecule has 1 amide bonds. The van der Waals surface area contributed by atoms with Crippen molar-refractivity contribution >= 4 is 28.3 Å². The van der Waals surface area contributed by atoms with Gasteiger partial charge in [-0.2, -0.15) is 0 Å². The largest absolute Gasteiger partial charge is 0.449 e. The number of nitrogens with one attached hydrogen (secondary N) is 1. The molecule has 0 spiro atoms. The molecular formula is C17H25N5O2S. The van der Waals surface area contributed by atoms with Gasteiger partial charge in [0.05, 0.1) is 0 Å². The first-order valence-corrected chi connectivity index (χ1v) is 9.21. The average Bonchev–Trinajstić information content (AvgIpc) is 3.22. The van der Waals surface area contributed by atoms with Crippen molar-refractivity contribution in [2.24, 2.45) is 5.73 Å². The second-order valence-corrected chi connectivity index (χ2v) is 6.81. The molecule has 7 nitrogen and oxygen atoms in total. The van der Waals surface area contributed by atoms with Crippen molar-refractivity contribution in [3.63, 3.8) is 0 Å². The predicted octanol–water partition coefficient (Wildman–Crippen LogP) is 3.39. The van der Waals surface area contributed by atoms with E-state index in [1.807, 2.05) is 5.38 Å². The third-order valence-electron chi connectivity index (χ3n) is 3.72. The van der Waals surface area contributed by atoms with Crippen molar-refractivity contribution in [1.82, 2.24) is 9.88 Å². The Bertz CT molecular complexity index is 722. The van der Waals surface area contributed by atoms with Crippen molar-refractivity contribution in [2.45, 2.75) is 32.6 Å². The topological polar surface area (TPSA) is 99.4 Å². The fourth-order valence-electron chi connectivity index (χ4n) is 2.33. The Labute approximate surface area is 151 Å². The molecule has 0 unspecified atom stereocenters. The first-order chi connectivity index (χ1) is 11.9. The molecule has 0 saturated carbocycles. The third-order valence-corrected chi connectivity index (χ3v) is 4.59. The summed E-state index contributed by atoms with van der Waals surface area (Å²) in [5.74, 6) is 0.600. The van der Waals surface area contributed by atoms with Crippen LogP contribution in [0.1, 0.15) is 43.2 Å². The van der Waals surface area contributed by atoms with Gasteiger partial charge in [-0.1, -0.05) is 26.2 Å². The van der Waals surface area contributed by atoms with E-state index in [0.29, 0.717) is 23.1 Å². The van der Waals surface area contributed by atoms with Crippen LogP contribution in [-0.2, 0) is 0 Å². The molecule has 2 rings (SSSR count). The van der Waals surface area contributed by atoms with E-state index in [-0.39, 0.29) is 17.6 Å². The molecule has 0 fully saturated rings. The van der Waals surface area contributed by atoms with Crippen molar-refractivity contribution in [2.75, 3.05) is 25.5 Å². The van der Waals surface area contributed by atoms with E-state index in [1.54, 1.807) is 31.1 Å². The van der Waals surface area contributed by atoms with Gasteiger partial charge in [0.15, 0.2) is 22.6 Å². The van der Waals surface area contributed by atoms with Gasteiger partial charge in [-0.25, -0.2) is 4.98 Å². The molecule has 0 aliphatic heterocycles. The molecule has 25 heavy (non-hydrogen) atoms. The van der Waals surface area contributed by atoms with Crippen LogP contribution in [0.5, 0.6) is 0 Å². The molecule has 0 aromatic carbocycles. The van der Waals surface area contributed by atoms with E-state index in [2.05, 4.69) is 11.9 Å². The number of carbonyl (C=O) groups excluding carboxylic acids is 1. The molecule has 2 aromatic rings. The molecule has 0 radical (unpaired) electrons. The second kappa shape index (κ2) is 8.66. The molecule has 3 N–H and O–H groups in total. The summed E-state index contributed by atoms with van der Waals surface area (Å²) in [6.45, 7) is 2.83. The van der Waals surface area contributed by atoms with Crippen molar-refractivity contribution in [1.29, 1.82) is 5.41 Å². The van der Waals surface area contributed by atoms with E-state index in [0.717, 1.165) is 19.3 Å². The molecule has 136 valence electrons. The van der Waals surface area contributed by atoms with Gasteiger partial charge >= 0.3 is 0 Å². The first-order valence-electron chi connectivity index (χ1n) is 8.33. The highest BCUT2D eigenvalue weighted by atomic mass is 32.1. The van der Waals surface area contributed by atoms with Gasteiger partial charge in [0.2, 0.25) is 0 Å². The zero-order chi connectivity index (χ0) is 18.4. The lowest BCUT2D eigenvalue weighted by Gasteiger charge is -2.19. The van der Waals surface area contributed by atoms with E-state index < -0.39 is 0 Å². The van der Waals surface area contributed by atoms with Gasteiger partial charge in [-0.3, -0.25) is 15.1 Å². The number of hydrogen-bond donors (Lipinski definition) is 2. The van der Waals surface area contributed by atoms with Gasteiger partial charge in [-0.05, 0) is 18.6 Å². The zero-order valence-electron chi connectivity index (χ0n) is 14.9. The number of hydrogen-bond acceptors (Lipinski definition) is 5. The Morgan fingerprint density at radius 3 is 2.72 bits per heavy atom. The van der Waals surface area contributed by atoms with Crippen molar-refractivity contribution in [3.05, 3.63) is 23.3 Å². The van der Waals surface area contributed by atoms with E-state index in [4.69, 9.17) is 15.6 Å². The fourth-order valence-corrected chi connectivity index (χ4v) is 3.18. The summed E-state index contributed by atoms with van der Waals surface area (Å²) < 4.78 is 5.61. The Kier molecular flexibility index (Phi) is 6.58. The molecule has 0 saturated heterocycles. The standard InChI is InChI=1S/C17H25N5O2S/c1-4-5-6-7-10-22(16(18)19)17-20-12(11-25-17)13-8-9-14(24-13)15(23)21(2)3/h8-9,11H,4-7,10H2,1-3H3,(H3,18,19). The van der Waals surface area contributed by atoms with E-state index in [9.17, 15) is 4.79 Å². The lowest BCUT2D eigenvalue weighted by Crippen LogP contribution is -2.37. The zero-order valence-corrected chi connectivity index (χ0v) is 15.7. The smallest absolute Gasteiger partial charge is 0.289 e. The quantitative estimate of drug-likeness (QED) is 0.425. The summed E-state index contributed by atoms with van der Waals surface area (Å²) in [5.41, 5.74) is 6.35. The minimum absolute atomic E-state index is 0.0136. The van der Waals surface area contributed by atoms with Crippen LogP contribution in [0.2, 0.25) is 0 Å². The second-order valence-electron chi connectivity index (χ2n) is 5.98. The number of anilines is 1. The number of guanidine groups is 1. The van der Waals surface area contributed by atoms with E-state index in [1.165, 1.54) is 22.7 Å². The maximum atomic E-state index is 11.9. The number of furan rings is 1. The van der Waals surface area contributed by atoms with Gasteiger partial charge in [0.25, 0.3) is 5.91 Å². The molecule has 2 heterocycles. The third kappa shape index (κ3) is 4.82. The highest BCUT2D eigenvalue weighted by Gasteiger charge is 2.18. The maximum Gasteiger partial charge on any atom is 0.289 e. The van der Waals surface area contributed by atoms with Crippen LogP contribution in [0.25, 0.3) is 11.5 Å². The van der Waals surface area contributed by atoms with Crippen molar-refractivity contribution < 1.29 is 9.21 Å². The number of amides is 1. The number of nitrogens with two attached hydrogens (primary N) is 1. The SMILES string of the molecule is CCCCCCN(C(=N)N)c1nc(-c2ccc(C(=O)N(C)C)o2)cs1.